The Labute approximate surface area is 131 Å². The van der Waals surface area contributed by atoms with Gasteiger partial charge in [-0.3, -0.25) is 4.79 Å². The number of carbonyl (C=O) groups is 1. The van der Waals surface area contributed by atoms with Gasteiger partial charge in [-0.1, -0.05) is 15.9 Å². The summed E-state index contributed by atoms with van der Waals surface area (Å²) in [4.78, 5) is 15.9. The van der Waals surface area contributed by atoms with Gasteiger partial charge in [-0.2, -0.15) is 13.2 Å². The molecule has 2 aromatic rings. The first-order valence-corrected chi connectivity index (χ1v) is 7.58. The number of nitrogens with one attached hydrogen (secondary N) is 1. The van der Waals surface area contributed by atoms with Crippen LogP contribution in [0.4, 0.5) is 13.2 Å². The first-order valence-electron chi connectivity index (χ1n) is 5.91. The molecule has 21 heavy (non-hydrogen) atoms. The summed E-state index contributed by atoms with van der Waals surface area (Å²) in [5.74, 6) is -0.744. The minimum Gasteiger partial charge on any atom is -0.352 e. The zero-order chi connectivity index (χ0) is 15.5. The number of amides is 1. The molecule has 0 bridgehead atoms. The van der Waals surface area contributed by atoms with E-state index >= 15 is 0 Å². The van der Waals surface area contributed by atoms with Crippen LogP contribution in [-0.2, 0) is 12.6 Å². The summed E-state index contributed by atoms with van der Waals surface area (Å²) in [7, 11) is 0. The second-order valence-electron chi connectivity index (χ2n) is 4.12. The zero-order valence-corrected chi connectivity index (χ0v) is 13.0. The van der Waals surface area contributed by atoms with Crippen LogP contribution < -0.4 is 5.32 Å². The molecule has 1 aromatic heterocycles. The van der Waals surface area contributed by atoms with Gasteiger partial charge in [0.05, 0.1) is 16.1 Å². The maximum absolute atomic E-state index is 12.9. The molecule has 0 aliphatic rings. The van der Waals surface area contributed by atoms with Crippen LogP contribution in [0.5, 0.6) is 0 Å². The third-order valence-electron chi connectivity index (χ3n) is 2.64. The van der Waals surface area contributed by atoms with Crippen molar-refractivity contribution >= 4 is 33.2 Å². The molecule has 0 spiro atoms. The number of carbonyl (C=O) groups excluding carboxylic acids is 1. The van der Waals surface area contributed by atoms with Crippen LogP contribution in [0.3, 0.4) is 0 Å². The zero-order valence-electron chi connectivity index (χ0n) is 10.6. The van der Waals surface area contributed by atoms with E-state index < -0.39 is 17.6 Å². The van der Waals surface area contributed by atoms with Crippen LogP contribution in [0.2, 0.25) is 0 Å². The lowest BCUT2D eigenvalue weighted by atomic mass is 10.1. The Balaban J connectivity index is 2.08. The summed E-state index contributed by atoms with van der Waals surface area (Å²) in [6.45, 7) is 0.236. The molecule has 1 amide bonds. The van der Waals surface area contributed by atoms with Crippen molar-refractivity contribution < 1.29 is 18.0 Å². The van der Waals surface area contributed by atoms with Crippen LogP contribution in [0.15, 0.2) is 34.2 Å². The Morgan fingerprint density at radius 2 is 2.14 bits per heavy atom. The van der Waals surface area contributed by atoms with E-state index in [1.54, 1.807) is 11.6 Å². The highest BCUT2D eigenvalue weighted by atomic mass is 79.9. The Kier molecular flexibility index (Phi) is 5.00. The van der Waals surface area contributed by atoms with Crippen molar-refractivity contribution in [2.75, 3.05) is 6.54 Å². The van der Waals surface area contributed by atoms with Gasteiger partial charge in [-0.25, -0.2) is 4.98 Å². The quantitative estimate of drug-likeness (QED) is 0.876. The number of alkyl halides is 3. The minimum absolute atomic E-state index is 0.236. The molecular formula is C13H10BrF3N2OS. The standard InChI is InChI=1S/C13H10BrF3N2OS/c14-8-1-2-9(10(7-8)13(15,16)17)12(20)19-4-3-11-18-5-6-21-11/h1-2,5-7H,3-4H2,(H,19,20). The molecule has 0 fully saturated rings. The van der Waals surface area contributed by atoms with E-state index in [0.29, 0.717) is 6.42 Å². The van der Waals surface area contributed by atoms with Crippen LogP contribution in [-0.4, -0.2) is 17.4 Å². The summed E-state index contributed by atoms with van der Waals surface area (Å²) >= 11 is 4.41. The van der Waals surface area contributed by atoms with Gasteiger partial charge in [0.2, 0.25) is 0 Å². The molecule has 0 unspecified atom stereocenters. The monoisotopic (exact) mass is 378 g/mol. The van der Waals surface area contributed by atoms with Gasteiger partial charge < -0.3 is 5.32 Å². The molecule has 0 radical (unpaired) electrons. The fraction of sp³-hybridized carbons (Fsp3) is 0.231. The van der Waals surface area contributed by atoms with Crippen molar-refractivity contribution in [3.8, 4) is 0 Å². The highest BCUT2D eigenvalue weighted by Crippen LogP contribution is 2.33. The fourth-order valence-corrected chi connectivity index (χ4v) is 2.69. The summed E-state index contributed by atoms with van der Waals surface area (Å²) in [6, 6.07) is 3.46. The number of rotatable bonds is 4. The number of halogens is 4. The van der Waals surface area contributed by atoms with Crippen molar-refractivity contribution in [1.82, 2.24) is 10.3 Å². The van der Waals surface area contributed by atoms with Crippen LogP contribution >= 0.6 is 27.3 Å². The highest BCUT2D eigenvalue weighted by Gasteiger charge is 2.35. The Bertz CT molecular complexity index is 629. The number of nitrogens with zero attached hydrogens (tertiary/aromatic N) is 1. The molecule has 0 saturated heterocycles. The summed E-state index contributed by atoms with van der Waals surface area (Å²) in [5.41, 5.74) is -1.34. The maximum Gasteiger partial charge on any atom is 0.417 e. The van der Waals surface area contributed by atoms with Crippen molar-refractivity contribution in [3.63, 3.8) is 0 Å². The SMILES string of the molecule is O=C(NCCc1nccs1)c1ccc(Br)cc1C(F)(F)F. The molecule has 0 aliphatic carbocycles. The second-order valence-corrected chi connectivity index (χ2v) is 6.01. The predicted molar refractivity (Wildman–Crippen MR) is 77.3 cm³/mol. The molecule has 0 aliphatic heterocycles. The highest BCUT2D eigenvalue weighted by molar-refractivity contribution is 9.10. The van der Waals surface area contributed by atoms with Gasteiger partial charge in [-0.05, 0) is 18.2 Å². The first kappa shape index (κ1) is 16.0. The number of aromatic nitrogens is 1. The van der Waals surface area contributed by atoms with E-state index in [1.165, 1.54) is 17.4 Å². The molecule has 1 heterocycles. The van der Waals surface area contributed by atoms with Gasteiger partial charge in [-0.15, -0.1) is 11.3 Å². The number of hydrogen-bond acceptors (Lipinski definition) is 3. The van der Waals surface area contributed by atoms with Crippen LogP contribution in [0.1, 0.15) is 20.9 Å². The second kappa shape index (κ2) is 6.57. The molecule has 0 atom stereocenters. The normalized spacial score (nSPS) is 11.4. The molecule has 0 saturated carbocycles. The Morgan fingerprint density at radius 1 is 1.38 bits per heavy atom. The van der Waals surface area contributed by atoms with E-state index in [-0.39, 0.29) is 16.6 Å². The van der Waals surface area contributed by atoms with E-state index in [1.807, 2.05) is 0 Å². The summed E-state index contributed by atoms with van der Waals surface area (Å²) in [6.07, 6.45) is -2.45. The fourth-order valence-electron chi connectivity index (χ4n) is 1.70. The number of thiazole rings is 1. The van der Waals surface area contributed by atoms with Gasteiger partial charge in [0, 0.05) is 29.0 Å². The predicted octanol–water partition coefficient (Wildman–Crippen LogP) is 3.90. The smallest absolute Gasteiger partial charge is 0.352 e. The molecule has 112 valence electrons. The Morgan fingerprint density at radius 3 is 2.76 bits per heavy atom. The number of hydrogen-bond donors (Lipinski definition) is 1. The molecule has 3 nitrogen and oxygen atoms in total. The van der Waals surface area contributed by atoms with Gasteiger partial charge in [0.25, 0.3) is 5.91 Å². The molecular weight excluding hydrogens is 369 g/mol. The lowest BCUT2D eigenvalue weighted by molar-refractivity contribution is -0.138. The van der Waals surface area contributed by atoms with Crippen molar-refractivity contribution in [3.05, 3.63) is 50.4 Å². The van der Waals surface area contributed by atoms with Crippen LogP contribution in [0, 0.1) is 0 Å². The first-order chi connectivity index (χ1) is 9.88. The van der Waals surface area contributed by atoms with Crippen molar-refractivity contribution in [2.24, 2.45) is 0 Å². The average Bonchev–Trinajstić information content (AvgIpc) is 2.90. The lowest BCUT2D eigenvalue weighted by Crippen LogP contribution is -2.28. The van der Waals surface area contributed by atoms with Crippen molar-refractivity contribution in [1.29, 1.82) is 0 Å². The molecule has 2 rings (SSSR count). The minimum atomic E-state index is -4.58. The van der Waals surface area contributed by atoms with E-state index in [4.69, 9.17) is 0 Å². The summed E-state index contributed by atoms with van der Waals surface area (Å²) < 4.78 is 39.0. The largest absolute Gasteiger partial charge is 0.417 e. The molecule has 8 heteroatoms. The van der Waals surface area contributed by atoms with E-state index in [2.05, 4.69) is 26.2 Å². The third kappa shape index (κ3) is 4.28. The number of benzene rings is 1. The topological polar surface area (TPSA) is 42.0 Å². The average molecular weight is 379 g/mol. The maximum atomic E-state index is 12.9. The Hall–Kier alpha value is -1.41. The lowest BCUT2D eigenvalue weighted by Gasteiger charge is -2.13. The summed E-state index contributed by atoms with van der Waals surface area (Å²) in [5, 5.41) is 5.10. The van der Waals surface area contributed by atoms with Crippen molar-refractivity contribution in [2.45, 2.75) is 12.6 Å². The molecule has 1 N–H and O–H groups in total. The van der Waals surface area contributed by atoms with Gasteiger partial charge in [0.15, 0.2) is 0 Å². The molecule has 1 aromatic carbocycles. The van der Waals surface area contributed by atoms with Crippen LogP contribution in [0.25, 0.3) is 0 Å². The van der Waals surface area contributed by atoms with E-state index in [0.717, 1.165) is 17.1 Å². The third-order valence-corrected chi connectivity index (χ3v) is 3.97. The van der Waals surface area contributed by atoms with Gasteiger partial charge in [0.1, 0.15) is 0 Å². The van der Waals surface area contributed by atoms with E-state index in [9.17, 15) is 18.0 Å². The van der Waals surface area contributed by atoms with Gasteiger partial charge >= 0.3 is 6.18 Å².